The average molecular weight is 435 g/mol. The van der Waals surface area contributed by atoms with Crippen molar-refractivity contribution < 1.29 is 14.3 Å². The molecule has 166 valence electrons. The maximum atomic E-state index is 12.8. The normalized spacial score (nSPS) is 14.4. The number of benzene rings is 1. The summed E-state index contributed by atoms with van der Waals surface area (Å²) in [6.07, 6.45) is 2.90. The van der Waals surface area contributed by atoms with Crippen molar-refractivity contribution in [1.29, 1.82) is 0 Å². The highest BCUT2D eigenvalue weighted by Crippen LogP contribution is 2.21. The summed E-state index contributed by atoms with van der Waals surface area (Å²) in [5.74, 6) is -0.176. The molecule has 3 heterocycles. The fraction of sp³-hybridized carbons (Fsp3) is 0.364. The third-order valence-corrected chi connectivity index (χ3v) is 5.57. The number of piperidine rings is 1. The van der Waals surface area contributed by atoms with Gasteiger partial charge in [0.2, 0.25) is 5.95 Å². The Balaban J connectivity index is 1.35. The van der Waals surface area contributed by atoms with Gasteiger partial charge in [0.15, 0.2) is 5.65 Å². The highest BCUT2D eigenvalue weighted by Gasteiger charge is 2.28. The van der Waals surface area contributed by atoms with E-state index in [4.69, 9.17) is 10.5 Å². The second kappa shape index (κ2) is 9.13. The Hall–Kier alpha value is -3.82. The van der Waals surface area contributed by atoms with Crippen LogP contribution >= 0.6 is 0 Å². The quantitative estimate of drug-likeness (QED) is 0.576. The zero-order chi connectivity index (χ0) is 22.7. The van der Waals surface area contributed by atoms with Crippen molar-refractivity contribution in [2.24, 2.45) is 5.92 Å². The molecule has 10 nitrogen and oxygen atoms in total. The first-order valence-corrected chi connectivity index (χ1v) is 10.4. The lowest BCUT2D eigenvalue weighted by molar-refractivity contribution is -0.146. The number of nitrogen functional groups attached to an aromatic ring is 1. The van der Waals surface area contributed by atoms with Gasteiger partial charge in [-0.15, -0.1) is 0 Å². The lowest BCUT2D eigenvalue weighted by Crippen LogP contribution is -2.40. The molecule has 10 heteroatoms. The average Bonchev–Trinajstić information content (AvgIpc) is 2.82. The van der Waals surface area contributed by atoms with Crippen LogP contribution in [0.5, 0.6) is 0 Å². The molecular formula is C22H25N7O3. The minimum atomic E-state index is -0.199. The van der Waals surface area contributed by atoms with Gasteiger partial charge in [-0.1, -0.05) is 0 Å². The summed E-state index contributed by atoms with van der Waals surface area (Å²) >= 11 is 0. The molecule has 2 aromatic heterocycles. The van der Waals surface area contributed by atoms with Crippen LogP contribution in [0.15, 0.2) is 30.5 Å². The van der Waals surface area contributed by atoms with Crippen molar-refractivity contribution in [3.05, 3.63) is 47.4 Å². The van der Waals surface area contributed by atoms with E-state index in [1.54, 1.807) is 23.2 Å². The minimum absolute atomic E-state index is 0.0324. The van der Waals surface area contributed by atoms with Crippen molar-refractivity contribution in [2.75, 3.05) is 31.2 Å². The molecule has 0 bridgehead atoms. The highest BCUT2D eigenvalue weighted by molar-refractivity contribution is 5.94. The van der Waals surface area contributed by atoms with Crippen LogP contribution < -0.4 is 11.1 Å². The summed E-state index contributed by atoms with van der Waals surface area (Å²) in [5.41, 5.74) is 9.64. The van der Waals surface area contributed by atoms with Gasteiger partial charge in [-0.2, -0.15) is 4.98 Å². The van der Waals surface area contributed by atoms with Gasteiger partial charge in [0, 0.05) is 24.3 Å². The third-order valence-electron chi connectivity index (χ3n) is 5.57. The molecule has 32 heavy (non-hydrogen) atoms. The van der Waals surface area contributed by atoms with Gasteiger partial charge in [0.1, 0.15) is 5.52 Å². The van der Waals surface area contributed by atoms with E-state index in [-0.39, 0.29) is 23.7 Å². The zero-order valence-electron chi connectivity index (χ0n) is 18.0. The fourth-order valence-corrected chi connectivity index (χ4v) is 3.78. The number of amides is 1. The summed E-state index contributed by atoms with van der Waals surface area (Å²) in [5, 5.41) is 3.28. The molecule has 0 radical (unpaired) electrons. The zero-order valence-corrected chi connectivity index (χ0v) is 18.0. The summed E-state index contributed by atoms with van der Waals surface area (Å²) in [4.78, 5) is 43.3. The molecule has 1 fully saturated rings. The summed E-state index contributed by atoms with van der Waals surface area (Å²) in [7, 11) is 1.40. The Kier molecular flexibility index (Phi) is 6.11. The van der Waals surface area contributed by atoms with Crippen molar-refractivity contribution in [3.63, 3.8) is 0 Å². The lowest BCUT2D eigenvalue weighted by Gasteiger charge is -2.30. The molecule has 0 atom stereocenters. The van der Waals surface area contributed by atoms with Gasteiger partial charge in [0.25, 0.3) is 5.91 Å². The van der Waals surface area contributed by atoms with Crippen LogP contribution in [0.2, 0.25) is 0 Å². The predicted molar refractivity (Wildman–Crippen MR) is 119 cm³/mol. The van der Waals surface area contributed by atoms with Crippen molar-refractivity contribution in [3.8, 4) is 0 Å². The topological polar surface area (TPSA) is 136 Å². The van der Waals surface area contributed by atoms with E-state index >= 15 is 0 Å². The monoisotopic (exact) mass is 435 g/mol. The number of nitrogens with zero attached hydrogens (tertiary/aromatic N) is 5. The summed E-state index contributed by atoms with van der Waals surface area (Å²) < 4.78 is 4.80. The van der Waals surface area contributed by atoms with Crippen LogP contribution in [0, 0.1) is 12.8 Å². The number of hydrogen-bond donors (Lipinski definition) is 2. The number of aryl methyl sites for hydroxylation is 1. The van der Waals surface area contributed by atoms with E-state index in [0.29, 0.717) is 54.9 Å². The molecular weight excluding hydrogens is 410 g/mol. The number of carbonyl (C=O) groups excluding carboxylic acids is 2. The first-order valence-electron chi connectivity index (χ1n) is 10.4. The molecule has 1 saturated heterocycles. The summed E-state index contributed by atoms with van der Waals surface area (Å²) in [6.45, 7) is 3.38. The molecule has 0 spiro atoms. The van der Waals surface area contributed by atoms with E-state index in [1.807, 2.05) is 19.1 Å². The number of likely N-dealkylation sites (tertiary alicyclic amines) is 1. The van der Waals surface area contributed by atoms with Crippen molar-refractivity contribution in [2.45, 2.75) is 26.3 Å². The number of carbonyl (C=O) groups is 2. The lowest BCUT2D eigenvalue weighted by atomic mass is 9.96. The molecule has 1 aromatic carbocycles. The molecule has 3 N–H and O–H groups in total. The number of nitrogens with one attached hydrogen (secondary N) is 1. The highest BCUT2D eigenvalue weighted by atomic mass is 16.5. The Morgan fingerprint density at radius 3 is 2.56 bits per heavy atom. The molecule has 1 aliphatic heterocycles. The number of methoxy groups -OCH3 is 1. The fourth-order valence-electron chi connectivity index (χ4n) is 3.78. The summed E-state index contributed by atoms with van der Waals surface area (Å²) in [6, 6.07) is 7.31. The maximum absolute atomic E-state index is 12.8. The predicted octanol–water partition coefficient (Wildman–Crippen LogP) is 1.95. The first-order chi connectivity index (χ1) is 15.4. The van der Waals surface area contributed by atoms with E-state index in [9.17, 15) is 9.59 Å². The van der Waals surface area contributed by atoms with Crippen LogP contribution in [0.3, 0.4) is 0 Å². The Morgan fingerprint density at radius 1 is 1.16 bits per heavy atom. The molecule has 0 unspecified atom stereocenters. The van der Waals surface area contributed by atoms with E-state index in [0.717, 1.165) is 11.4 Å². The van der Waals surface area contributed by atoms with Crippen LogP contribution in [-0.4, -0.2) is 56.9 Å². The van der Waals surface area contributed by atoms with Gasteiger partial charge in [-0.25, -0.2) is 15.0 Å². The number of ether oxygens (including phenoxy) is 1. The van der Waals surface area contributed by atoms with E-state index < -0.39 is 0 Å². The minimum Gasteiger partial charge on any atom is -0.469 e. The number of aromatic nitrogens is 4. The molecule has 1 amide bonds. The standard InChI is InChI=1S/C22H25N7O3/c1-13-18-19(28-22(23)26-13)25-12-17(27-18)11-24-16-5-3-14(4-6-16)20(30)29-9-7-15(8-10-29)21(31)32-2/h3-6,12,15,24H,7-11H2,1-2H3,(H2,23,25,26,28). The number of nitrogens with two attached hydrogens (primary N) is 1. The Morgan fingerprint density at radius 2 is 1.88 bits per heavy atom. The van der Waals surface area contributed by atoms with Gasteiger partial charge >= 0.3 is 5.97 Å². The molecule has 4 rings (SSSR count). The van der Waals surface area contributed by atoms with Crippen LogP contribution in [0.4, 0.5) is 11.6 Å². The number of anilines is 2. The Bertz CT molecular complexity index is 1140. The maximum Gasteiger partial charge on any atom is 0.308 e. The largest absolute Gasteiger partial charge is 0.469 e. The molecule has 3 aromatic rings. The SMILES string of the molecule is COC(=O)C1CCN(C(=O)c2ccc(NCc3cnc4nc(N)nc(C)c4n3)cc2)CC1. The second-order valence-electron chi connectivity index (χ2n) is 7.72. The number of fused-ring (bicyclic) bond motifs is 1. The van der Waals surface area contributed by atoms with Crippen LogP contribution in [-0.2, 0) is 16.1 Å². The van der Waals surface area contributed by atoms with Crippen molar-refractivity contribution in [1.82, 2.24) is 24.8 Å². The molecule has 1 aliphatic rings. The Labute approximate surface area is 185 Å². The number of esters is 1. The van der Waals surface area contributed by atoms with E-state index in [2.05, 4.69) is 25.3 Å². The third kappa shape index (κ3) is 4.58. The van der Waals surface area contributed by atoms with Crippen molar-refractivity contribution >= 4 is 34.7 Å². The first kappa shape index (κ1) is 21.4. The van der Waals surface area contributed by atoms with Crippen LogP contribution in [0.25, 0.3) is 11.2 Å². The molecule has 0 aliphatic carbocycles. The van der Waals surface area contributed by atoms with E-state index in [1.165, 1.54) is 7.11 Å². The number of hydrogen-bond acceptors (Lipinski definition) is 9. The van der Waals surface area contributed by atoms with Gasteiger partial charge in [-0.05, 0) is 44.0 Å². The van der Waals surface area contributed by atoms with Gasteiger partial charge in [-0.3, -0.25) is 9.59 Å². The smallest absolute Gasteiger partial charge is 0.308 e. The molecule has 0 saturated carbocycles. The number of rotatable bonds is 5. The van der Waals surface area contributed by atoms with Gasteiger partial charge in [0.05, 0.1) is 37.2 Å². The second-order valence-corrected chi connectivity index (χ2v) is 7.72. The van der Waals surface area contributed by atoms with Gasteiger partial charge < -0.3 is 20.7 Å². The van der Waals surface area contributed by atoms with Crippen LogP contribution in [0.1, 0.15) is 34.6 Å².